The van der Waals surface area contributed by atoms with E-state index in [4.69, 9.17) is 25.9 Å². The molecule has 27 nitrogen and oxygen atoms in total. The molecule has 0 bridgehead atoms. The number of amides is 6. The number of nitrogens with two attached hydrogens (primary N) is 2. The Morgan fingerprint density at radius 1 is 0.774 bits per heavy atom. The fraction of sp³-hybridized carbons (Fsp3) is 0.491. The Morgan fingerprint density at radius 2 is 1.38 bits per heavy atom. The molecule has 6 aromatic heterocycles. The lowest BCUT2D eigenvalue weighted by Crippen LogP contribution is -2.52. The second-order valence-corrected chi connectivity index (χ2v) is 22.6. The summed E-state index contributed by atoms with van der Waals surface area (Å²) in [5, 5.41) is 26.7. The number of nitrogens with zero attached hydrogens (tertiary/aromatic N) is 14. The van der Waals surface area contributed by atoms with Gasteiger partial charge in [-0.3, -0.25) is 48.5 Å². The summed E-state index contributed by atoms with van der Waals surface area (Å²) in [4.78, 5) is 97.3. The van der Waals surface area contributed by atoms with E-state index < -0.39 is 41.4 Å². The summed E-state index contributed by atoms with van der Waals surface area (Å²) in [7, 11) is 0. The maximum Gasteiger partial charge on any atom is 0.408 e. The van der Waals surface area contributed by atoms with Gasteiger partial charge in [-0.15, -0.1) is 10.2 Å². The number of carbonyl (C=O) groups is 6. The minimum absolute atomic E-state index is 0.139. The van der Waals surface area contributed by atoms with E-state index in [0.29, 0.717) is 96.3 Å². The average molecular weight is 1150 g/mol. The summed E-state index contributed by atoms with van der Waals surface area (Å²) in [6.45, 7) is 21.9. The number of imidazole rings is 2. The molecular formula is C57H75N19O8. The third-order valence-electron chi connectivity index (χ3n) is 14.6. The lowest BCUT2D eigenvalue weighted by Gasteiger charge is -2.34. The number of fused-ring (bicyclic) bond motifs is 3. The minimum Gasteiger partial charge on any atom is -0.491 e. The molecule has 6 amide bonds. The molecule has 2 aliphatic heterocycles. The topological polar surface area (TPSA) is 330 Å². The number of allylic oxidation sites excluding steroid dienone is 2. The fourth-order valence-electron chi connectivity index (χ4n) is 10.7. The van der Waals surface area contributed by atoms with E-state index in [1.807, 2.05) is 39.8 Å². The number of ether oxygens (including phenoxy) is 2. The number of primary amides is 2. The monoisotopic (exact) mass is 1150 g/mol. The van der Waals surface area contributed by atoms with Gasteiger partial charge in [0.25, 0.3) is 11.8 Å². The van der Waals surface area contributed by atoms with Crippen LogP contribution in [0.5, 0.6) is 5.75 Å². The lowest BCUT2D eigenvalue weighted by molar-refractivity contribution is -0.135. The number of aryl methyl sites for hydroxylation is 4. The molecule has 2 aliphatic rings. The van der Waals surface area contributed by atoms with Crippen LogP contribution in [0.3, 0.4) is 0 Å². The molecule has 1 saturated heterocycles. The van der Waals surface area contributed by atoms with Crippen molar-refractivity contribution in [2.75, 3.05) is 43.4 Å². The molecule has 0 saturated carbocycles. The number of likely N-dealkylation sites (tertiary alicyclic amines) is 1. The molecule has 7 N–H and O–H groups in total. The van der Waals surface area contributed by atoms with Gasteiger partial charge in [0.05, 0.1) is 35.6 Å². The molecule has 0 spiro atoms. The quantitative estimate of drug-likeness (QED) is 0.0424. The first-order valence-corrected chi connectivity index (χ1v) is 28.5. The number of anilines is 2. The number of hydrogen-bond acceptors (Lipinski definition) is 16. The number of rotatable bonds is 22. The predicted octanol–water partition coefficient (Wildman–Crippen LogP) is 5.31. The van der Waals surface area contributed by atoms with Gasteiger partial charge in [0, 0.05) is 63.5 Å². The maximum atomic E-state index is 14.0. The zero-order valence-corrected chi connectivity index (χ0v) is 49.1. The molecule has 1 atom stereocenters. The van der Waals surface area contributed by atoms with Gasteiger partial charge in [-0.05, 0) is 123 Å². The largest absolute Gasteiger partial charge is 0.491 e. The standard InChI is InChI=1S/C57H75N19O8/c1-10-75-42(26-34(5)68-75)51(79)64-54-61-39-28-37(47(58)77)30-44(46(39)73(54)18-12-13-19-74-50-40(29-38(31-60-50)48(59)78)62-55(74)65-52(80)43-27-35(6)69-76(43)11-2)83-24-14-17-70-20-15-36(16-21-70)49-67-66-45-32-71(22-23-72(45)49)53(81)41(25-33(3)4)63-56(82)84-57(7,8)9/h12-13,26-31,33,36,41H,10-11,14-25,32H2,1-9H3,(H2,58,77)(H2,59,78)(H,63,82)(H,61,64,79)(H,62,65,80)/b13-12+/t41-/m0/s1. The summed E-state index contributed by atoms with van der Waals surface area (Å²) in [5.41, 5.74) is 14.7. The van der Waals surface area contributed by atoms with E-state index in [-0.39, 0.29) is 60.5 Å². The average Bonchev–Trinajstić information content (AvgIpc) is 2.56. The van der Waals surface area contributed by atoms with Gasteiger partial charge in [-0.1, -0.05) is 26.0 Å². The highest BCUT2D eigenvalue weighted by Crippen LogP contribution is 2.33. The number of hydrogen-bond donors (Lipinski definition) is 5. The predicted molar refractivity (Wildman–Crippen MR) is 311 cm³/mol. The summed E-state index contributed by atoms with van der Waals surface area (Å²) in [6, 6.07) is 7.31. The maximum absolute atomic E-state index is 14.0. The van der Waals surface area contributed by atoms with Crippen LogP contribution in [0.4, 0.5) is 16.7 Å². The molecule has 446 valence electrons. The molecular weight excluding hydrogens is 1080 g/mol. The van der Waals surface area contributed by atoms with E-state index >= 15 is 0 Å². The number of alkyl carbamates (subject to hydrolysis) is 1. The van der Waals surface area contributed by atoms with Gasteiger partial charge < -0.3 is 45.2 Å². The van der Waals surface area contributed by atoms with E-state index in [2.05, 4.69) is 55.8 Å². The molecule has 0 aliphatic carbocycles. The number of piperidine rings is 1. The van der Waals surface area contributed by atoms with Crippen molar-refractivity contribution in [3.05, 3.63) is 94.2 Å². The molecule has 0 unspecified atom stereocenters. The van der Waals surface area contributed by atoms with E-state index in [9.17, 15) is 28.8 Å². The van der Waals surface area contributed by atoms with Crippen molar-refractivity contribution < 1.29 is 38.2 Å². The van der Waals surface area contributed by atoms with Crippen LogP contribution in [-0.4, -0.2) is 148 Å². The second-order valence-electron chi connectivity index (χ2n) is 22.6. The van der Waals surface area contributed by atoms with Crippen LogP contribution in [0.1, 0.15) is 145 Å². The number of benzene rings is 1. The van der Waals surface area contributed by atoms with E-state index in [1.165, 1.54) is 12.3 Å². The highest BCUT2D eigenvalue weighted by Gasteiger charge is 2.34. The summed E-state index contributed by atoms with van der Waals surface area (Å²) in [6.07, 6.45) is 7.26. The molecule has 1 fully saturated rings. The van der Waals surface area contributed by atoms with Crippen LogP contribution in [0.15, 0.2) is 48.7 Å². The van der Waals surface area contributed by atoms with Crippen molar-refractivity contribution in [2.24, 2.45) is 17.4 Å². The van der Waals surface area contributed by atoms with Gasteiger partial charge in [0.15, 0.2) is 11.5 Å². The van der Waals surface area contributed by atoms with Crippen molar-refractivity contribution >= 4 is 69.7 Å². The fourth-order valence-corrected chi connectivity index (χ4v) is 10.7. The first kappa shape index (κ1) is 59.6. The number of carbonyl (C=O) groups excluding carboxylic acids is 6. The highest BCUT2D eigenvalue weighted by atomic mass is 16.6. The van der Waals surface area contributed by atoms with Crippen LogP contribution in [0.2, 0.25) is 0 Å². The smallest absolute Gasteiger partial charge is 0.408 e. The van der Waals surface area contributed by atoms with Gasteiger partial charge >= 0.3 is 6.09 Å². The molecule has 27 heteroatoms. The number of nitrogens with one attached hydrogen (secondary N) is 3. The van der Waals surface area contributed by atoms with Crippen LogP contribution >= 0.6 is 0 Å². The molecule has 84 heavy (non-hydrogen) atoms. The van der Waals surface area contributed by atoms with Crippen molar-refractivity contribution in [2.45, 2.75) is 145 Å². The molecule has 8 heterocycles. The van der Waals surface area contributed by atoms with Gasteiger partial charge in [-0.25, -0.2) is 19.7 Å². The first-order chi connectivity index (χ1) is 40.1. The van der Waals surface area contributed by atoms with Crippen molar-refractivity contribution in [3.63, 3.8) is 0 Å². The Kier molecular flexibility index (Phi) is 17.9. The third kappa shape index (κ3) is 13.6. The number of pyridine rings is 1. The minimum atomic E-state index is -0.725. The Morgan fingerprint density at radius 3 is 1.99 bits per heavy atom. The van der Waals surface area contributed by atoms with Gasteiger partial charge in [0.2, 0.25) is 29.6 Å². The Labute approximate surface area is 485 Å². The van der Waals surface area contributed by atoms with Gasteiger partial charge in [-0.2, -0.15) is 10.2 Å². The third-order valence-corrected chi connectivity index (χ3v) is 14.6. The first-order valence-electron chi connectivity index (χ1n) is 28.5. The summed E-state index contributed by atoms with van der Waals surface area (Å²) < 4.78 is 20.8. The zero-order valence-electron chi connectivity index (χ0n) is 49.1. The normalized spacial score (nSPS) is 14.6. The zero-order chi connectivity index (χ0) is 60.1. The molecule has 0 radical (unpaired) electrons. The van der Waals surface area contributed by atoms with Crippen LogP contribution in [0.25, 0.3) is 22.2 Å². The second kappa shape index (κ2) is 25.2. The van der Waals surface area contributed by atoms with Crippen LogP contribution in [0, 0.1) is 19.8 Å². The highest BCUT2D eigenvalue weighted by molar-refractivity contribution is 6.05. The Bertz CT molecular complexity index is 3640. The molecule has 9 rings (SSSR count). The van der Waals surface area contributed by atoms with Crippen LogP contribution < -0.4 is 32.2 Å². The van der Waals surface area contributed by atoms with Crippen LogP contribution in [-0.2, 0) is 48.8 Å². The number of aromatic nitrogens is 12. The SMILES string of the molecule is CCn1nc(C)cc1C(=O)Nc1nc2cc(C(N)=O)cnc2n1C/C=C/Cn1c(NC(=O)c2cc(C)nn2CC)nc2cc(C(N)=O)cc(OCCCN3CCC(c4nnc5n4CCN(C(=O)[C@H](CC(C)C)NC(=O)OC(C)(C)C)C5)CC3)c21. The van der Waals surface area contributed by atoms with E-state index in [1.54, 1.807) is 82.3 Å². The summed E-state index contributed by atoms with van der Waals surface area (Å²) in [5.74, 6) is 0.234. The van der Waals surface area contributed by atoms with Crippen molar-refractivity contribution in [1.82, 2.24) is 73.5 Å². The van der Waals surface area contributed by atoms with E-state index in [0.717, 1.165) is 44.1 Å². The summed E-state index contributed by atoms with van der Waals surface area (Å²) >= 11 is 0. The van der Waals surface area contributed by atoms with Crippen molar-refractivity contribution in [1.29, 1.82) is 0 Å². The van der Waals surface area contributed by atoms with Crippen molar-refractivity contribution in [3.8, 4) is 5.75 Å². The van der Waals surface area contributed by atoms with Gasteiger partial charge in [0.1, 0.15) is 45.6 Å². The molecule has 7 aromatic rings. The molecule has 1 aromatic carbocycles. The lowest BCUT2D eigenvalue weighted by atomic mass is 9.95. The Balaban J connectivity index is 0.895. The Hall–Kier alpha value is -9.01.